The van der Waals surface area contributed by atoms with Gasteiger partial charge in [-0.15, -0.1) is 0 Å². The maximum absolute atomic E-state index is 14.8. The van der Waals surface area contributed by atoms with Crippen LogP contribution in [0.4, 0.5) is 8.78 Å². The first kappa shape index (κ1) is 20.9. The number of H-pyrrole nitrogens is 1. The zero-order valence-electron chi connectivity index (χ0n) is 17.6. The van der Waals surface area contributed by atoms with E-state index in [0.29, 0.717) is 17.7 Å². The first-order valence-electron chi connectivity index (χ1n) is 10.6. The number of benzene rings is 2. The predicted octanol–water partition coefficient (Wildman–Crippen LogP) is 6.32. The number of nitriles is 1. The van der Waals surface area contributed by atoms with Gasteiger partial charge in [-0.05, 0) is 43.5 Å². The van der Waals surface area contributed by atoms with Gasteiger partial charge >= 0.3 is 0 Å². The van der Waals surface area contributed by atoms with Crippen molar-refractivity contribution < 1.29 is 18.3 Å². The third-order valence-electron chi connectivity index (χ3n) is 5.72. The van der Waals surface area contributed by atoms with Crippen LogP contribution in [-0.2, 0) is 4.74 Å². The molecule has 33 heavy (non-hydrogen) atoms. The fraction of sp³-hybridized carbons (Fsp3) is 0.200. The van der Waals surface area contributed by atoms with E-state index in [4.69, 9.17) is 9.47 Å². The lowest BCUT2D eigenvalue weighted by molar-refractivity contribution is -0.0393. The van der Waals surface area contributed by atoms with Gasteiger partial charge in [-0.3, -0.25) is 0 Å². The summed E-state index contributed by atoms with van der Waals surface area (Å²) in [5, 5.41) is 14.8. The van der Waals surface area contributed by atoms with Crippen LogP contribution in [0.5, 0.6) is 11.5 Å². The van der Waals surface area contributed by atoms with Gasteiger partial charge < -0.3 is 14.5 Å². The standard InChI is InChI=1S/C25H20F2N4O2/c1-2-17-18-8-9-29-22(18)12-21(27)25(17)33-16-6-7-20(26)19(11-16)24-15(13-28)14-31(30-24)23-5-3-4-10-32-23/h2,6-9,11-12,14,23,29H,1,3-5,10H2. The summed E-state index contributed by atoms with van der Waals surface area (Å²) in [6.07, 6.45) is 7.21. The molecular formula is C25H20F2N4O2. The zero-order chi connectivity index (χ0) is 22.9. The largest absolute Gasteiger partial charge is 0.454 e. The molecule has 4 aromatic rings. The normalized spacial score (nSPS) is 16.0. The molecule has 0 radical (unpaired) electrons. The Kier molecular flexibility index (Phi) is 5.40. The third kappa shape index (κ3) is 3.77. The van der Waals surface area contributed by atoms with Crippen LogP contribution >= 0.6 is 0 Å². The highest BCUT2D eigenvalue weighted by atomic mass is 19.1. The molecule has 0 saturated carbocycles. The molecule has 0 spiro atoms. The summed E-state index contributed by atoms with van der Waals surface area (Å²) in [5.74, 6) is -0.965. The number of fused-ring (bicyclic) bond motifs is 1. The van der Waals surface area contributed by atoms with Gasteiger partial charge in [0.1, 0.15) is 29.6 Å². The lowest BCUT2D eigenvalue weighted by Gasteiger charge is -2.22. The lowest BCUT2D eigenvalue weighted by Crippen LogP contribution is -2.18. The molecular weight excluding hydrogens is 426 g/mol. The number of nitrogens with zero attached hydrogens (tertiary/aromatic N) is 3. The Morgan fingerprint density at radius 1 is 1.24 bits per heavy atom. The van der Waals surface area contributed by atoms with Gasteiger partial charge in [0, 0.05) is 47.1 Å². The van der Waals surface area contributed by atoms with E-state index in [1.54, 1.807) is 23.1 Å². The van der Waals surface area contributed by atoms with Crippen LogP contribution in [0.15, 0.2) is 49.3 Å². The molecule has 2 aromatic heterocycles. The highest BCUT2D eigenvalue weighted by Crippen LogP contribution is 2.37. The van der Waals surface area contributed by atoms with Crippen molar-refractivity contribution in [3.8, 4) is 28.8 Å². The Labute approximate surface area is 188 Å². The fourth-order valence-electron chi connectivity index (χ4n) is 4.11. The van der Waals surface area contributed by atoms with Crippen LogP contribution in [0.1, 0.15) is 36.6 Å². The molecule has 0 aliphatic carbocycles. The molecule has 1 N–H and O–H groups in total. The molecule has 0 bridgehead atoms. The minimum absolute atomic E-state index is 0.0173. The SMILES string of the molecule is C=Cc1c(Oc2ccc(F)c(-c3nn(C4CCCCO4)cc3C#N)c2)c(F)cc2[nH]ccc12. The number of aromatic amines is 1. The predicted molar refractivity (Wildman–Crippen MR) is 120 cm³/mol. The van der Waals surface area contributed by atoms with Crippen molar-refractivity contribution in [1.29, 1.82) is 5.26 Å². The number of hydrogen-bond acceptors (Lipinski definition) is 4. The highest BCUT2D eigenvalue weighted by molar-refractivity contribution is 5.91. The smallest absolute Gasteiger partial charge is 0.170 e. The van der Waals surface area contributed by atoms with Crippen LogP contribution in [-0.4, -0.2) is 21.4 Å². The van der Waals surface area contributed by atoms with Crippen molar-refractivity contribution in [1.82, 2.24) is 14.8 Å². The van der Waals surface area contributed by atoms with Gasteiger partial charge in [-0.1, -0.05) is 12.7 Å². The van der Waals surface area contributed by atoms with Crippen LogP contribution in [0.3, 0.4) is 0 Å². The summed E-state index contributed by atoms with van der Waals surface area (Å²) < 4.78 is 42.8. The zero-order valence-corrected chi connectivity index (χ0v) is 17.6. The Balaban J connectivity index is 1.54. The molecule has 1 unspecified atom stereocenters. The minimum Gasteiger partial charge on any atom is -0.454 e. The van der Waals surface area contributed by atoms with Gasteiger partial charge in [0.25, 0.3) is 0 Å². The average molecular weight is 446 g/mol. The van der Waals surface area contributed by atoms with E-state index >= 15 is 0 Å². The summed E-state index contributed by atoms with van der Waals surface area (Å²) in [6.45, 7) is 4.39. The first-order chi connectivity index (χ1) is 16.1. The minimum atomic E-state index is -0.581. The molecule has 1 saturated heterocycles. The lowest BCUT2D eigenvalue weighted by atomic mass is 10.1. The quantitative estimate of drug-likeness (QED) is 0.389. The van der Waals surface area contributed by atoms with E-state index < -0.39 is 11.6 Å². The molecule has 166 valence electrons. The summed E-state index contributed by atoms with van der Waals surface area (Å²) >= 11 is 0. The fourth-order valence-corrected chi connectivity index (χ4v) is 4.11. The number of ether oxygens (including phenoxy) is 2. The molecule has 6 nitrogen and oxygen atoms in total. The molecule has 1 atom stereocenters. The second kappa shape index (κ2) is 8.52. The van der Waals surface area contributed by atoms with Crippen LogP contribution in [0.2, 0.25) is 0 Å². The van der Waals surface area contributed by atoms with E-state index in [1.807, 2.05) is 0 Å². The Morgan fingerprint density at radius 3 is 2.88 bits per heavy atom. The summed E-state index contributed by atoms with van der Waals surface area (Å²) in [7, 11) is 0. The number of nitrogens with one attached hydrogen (secondary N) is 1. The van der Waals surface area contributed by atoms with Crippen molar-refractivity contribution in [3.05, 3.63) is 72.1 Å². The van der Waals surface area contributed by atoms with Gasteiger partial charge in [0.05, 0.1) is 5.56 Å². The Bertz CT molecular complexity index is 1390. The summed E-state index contributed by atoms with van der Waals surface area (Å²) in [5.41, 5.74) is 1.58. The number of hydrogen-bond donors (Lipinski definition) is 1. The monoisotopic (exact) mass is 446 g/mol. The van der Waals surface area contributed by atoms with Crippen molar-refractivity contribution in [2.24, 2.45) is 0 Å². The summed E-state index contributed by atoms with van der Waals surface area (Å²) in [4.78, 5) is 2.96. The summed E-state index contributed by atoms with van der Waals surface area (Å²) in [6, 6.07) is 9.23. The number of halogens is 2. The number of aromatic nitrogens is 3. The number of rotatable bonds is 5. The van der Waals surface area contributed by atoms with Gasteiger partial charge in [-0.2, -0.15) is 10.4 Å². The maximum atomic E-state index is 14.8. The van der Waals surface area contributed by atoms with Crippen molar-refractivity contribution in [2.45, 2.75) is 25.5 Å². The molecule has 8 heteroatoms. The molecule has 2 aromatic carbocycles. The van der Waals surface area contributed by atoms with Gasteiger partial charge in [0.15, 0.2) is 11.6 Å². The molecule has 1 fully saturated rings. The molecule has 3 heterocycles. The van der Waals surface area contributed by atoms with E-state index in [1.165, 1.54) is 30.3 Å². The Hall–Kier alpha value is -3.96. The van der Waals surface area contributed by atoms with E-state index in [9.17, 15) is 14.0 Å². The van der Waals surface area contributed by atoms with Gasteiger partial charge in [0.2, 0.25) is 0 Å². The van der Waals surface area contributed by atoms with Crippen molar-refractivity contribution in [3.63, 3.8) is 0 Å². The average Bonchev–Trinajstić information content (AvgIpc) is 3.48. The molecule has 5 rings (SSSR count). The molecule has 1 aliphatic rings. The molecule has 0 amide bonds. The van der Waals surface area contributed by atoms with Crippen LogP contribution in [0, 0.1) is 23.0 Å². The van der Waals surface area contributed by atoms with E-state index in [-0.39, 0.29) is 34.5 Å². The second-order valence-electron chi connectivity index (χ2n) is 7.79. The Morgan fingerprint density at radius 2 is 2.12 bits per heavy atom. The van der Waals surface area contributed by atoms with Crippen LogP contribution < -0.4 is 4.74 Å². The second-order valence-corrected chi connectivity index (χ2v) is 7.79. The van der Waals surface area contributed by atoms with Crippen molar-refractivity contribution >= 4 is 17.0 Å². The van der Waals surface area contributed by atoms with E-state index in [0.717, 1.165) is 24.6 Å². The maximum Gasteiger partial charge on any atom is 0.170 e. The van der Waals surface area contributed by atoms with Crippen molar-refractivity contribution in [2.75, 3.05) is 6.61 Å². The van der Waals surface area contributed by atoms with Gasteiger partial charge in [-0.25, -0.2) is 13.5 Å². The van der Waals surface area contributed by atoms with E-state index in [2.05, 4.69) is 22.7 Å². The highest BCUT2D eigenvalue weighted by Gasteiger charge is 2.22. The topological polar surface area (TPSA) is 75.9 Å². The van der Waals surface area contributed by atoms with Crippen LogP contribution in [0.25, 0.3) is 28.2 Å². The molecule has 1 aliphatic heterocycles. The third-order valence-corrected chi connectivity index (χ3v) is 5.72. The first-order valence-corrected chi connectivity index (χ1v) is 10.6.